The Hall–Kier alpha value is -2.11. The maximum Gasteiger partial charge on any atom is 0.212 e. The van der Waals surface area contributed by atoms with Gasteiger partial charge in [-0.1, -0.05) is 17.7 Å². The number of imidazole rings is 1. The highest BCUT2D eigenvalue weighted by Gasteiger charge is 2.02. The van der Waals surface area contributed by atoms with Crippen molar-refractivity contribution < 1.29 is 4.74 Å². The fraction of sp³-hybridized carbons (Fsp3) is 0.200. The molecule has 0 aromatic carbocycles. The Bertz CT molecular complexity index is 739. The minimum atomic E-state index is 0.621. The van der Waals surface area contributed by atoms with Crippen LogP contribution < -0.4 is 10.1 Å². The van der Waals surface area contributed by atoms with E-state index in [-0.39, 0.29) is 0 Å². The molecule has 3 heterocycles. The number of ether oxygens (including phenoxy) is 1. The Labute approximate surface area is 127 Å². The van der Waals surface area contributed by atoms with E-state index < -0.39 is 0 Å². The predicted octanol–water partition coefficient (Wildman–Crippen LogP) is 2.68. The van der Waals surface area contributed by atoms with Crippen LogP contribution in [0.1, 0.15) is 11.3 Å². The van der Waals surface area contributed by atoms with Crippen LogP contribution in [0.3, 0.4) is 0 Å². The lowest BCUT2D eigenvalue weighted by Crippen LogP contribution is -2.13. The van der Waals surface area contributed by atoms with Gasteiger partial charge in [0.05, 0.1) is 17.8 Å². The molecular formula is C15H15ClN4O. The minimum Gasteiger partial charge on any atom is -0.481 e. The second-order valence-electron chi connectivity index (χ2n) is 4.66. The highest BCUT2D eigenvalue weighted by atomic mass is 35.5. The predicted molar refractivity (Wildman–Crippen MR) is 81.5 cm³/mol. The van der Waals surface area contributed by atoms with E-state index in [0.717, 1.165) is 23.4 Å². The van der Waals surface area contributed by atoms with Crippen LogP contribution in [0.25, 0.3) is 5.65 Å². The Morgan fingerprint density at radius 1 is 1.19 bits per heavy atom. The number of methoxy groups -OCH3 is 1. The third-order valence-corrected chi connectivity index (χ3v) is 3.33. The third kappa shape index (κ3) is 3.32. The van der Waals surface area contributed by atoms with Crippen LogP contribution in [0, 0.1) is 0 Å². The minimum absolute atomic E-state index is 0.621. The summed E-state index contributed by atoms with van der Waals surface area (Å²) >= 11 is 5.96. The van der Waals surface area contributed by atoms with Gasteiger partial charge >= 0.3 is 0 Å². The Balaban J connectivity index is 1.60. The second-order valence-corrected chi connectivity index (χ2v) is 5.09. The Kier molecular flexibility index (Phi) is 4.03. The van der Waals surface area contributed by atoms with E-state index in [1.807, 2.05) is 41.1 Å². The highest BCUT2D eigenvalue weighted by molar-refractivity contribution is 6.30. The third-order valence-electron chi connectivity index (χ3n) is 3.11. The summed E-state index contributed by atoms with van der Waals surface area (Å²) in [4.78, 5) is 8.69. The lowest BCUT2D eigenvalue weighted by molar-refractivity contribution is 0.397. The molecule has 1 N–H and O–H groups in total. The Morgan fingerprint density at radius 2 is 2.10 bits per heavy atom. The van der Waals surface area contributed by atoms with E-state index in [1.54, 1.807) is 13.3 Å². The van der Waals surface area contributed by atoms with Crippen molar-refractivity contribution in [1.29, 1.82) is 0 Å². The molecule has 6 heteroatoms. The molecule has 0 saturated carbocycles. The number of aromatic nitrogens is 3. The lowest BCUT2D eigenvalue weighted by atomic mass is 10.3. The largest absolute Gasteiger partial charge is 0.481 e. The number of nitrogens with one attached hydrogen (secondary N) is 1. The van der Waals surface area contributed by atoms with Crippen LogP contribution in [-0.4, -0.2) is 21.5 Å². The first kappa shape index (κ1) is 13.9. The summed E-state index contributed by atoms with van der Waals surface area (Å²) in [5.41, 5.74) is 2.96. The van der Waals surface area contributed by atoms with Crippen molar-refractivity contribution in [2.24, 2.45) is 0 Å². The van der Waals surface area contributed by atoms with Gasteiger partial charge in [0.1, 0.15) is 5.65 Å². The number of fused-ring (bicyclic) bond motifs is 1. The number of rotatable bonds is 5. The lowest BCUT2D eigenvalue weighted by Gasteiger charge is -2.03. The van der Waals surface area contributed by atoms with Crippen LogP contribution in [0.4, 0.5) is 0 Å². The number of halogens is 1. The van der Waals surface area contributed by atoms with Crippen LogP contribution in [-0.2, 0) is 13.1 Å². The molecule has 5 nitrogen and oxygen atoms in total. The first-order chi connectivity index (χ1) is 10.2. The van der Waals surface area contributed by atoms with Gasteiger partial charge in [-0.3, -0.25) is 0 Å². The average molecular weight is 303 g/mol. The maximum absolute atomic E-state index is 5.96. The summed E-state index contributed by atoms with van der Waals surface area (Å²) in [6, 6.07) is 7.58. The van der Waals surface area contributed by atoms with E-state index in [2.05, 4.69) is 15.3 Å². The fourth-order valence-electron chi connectivity index (χ4n) is 2.07. The molecule has 3 rings (SSSR count). The van der Waals surface area contributed by atoms with E-state index >= 15 is 0 Å². The summed E-state index contributed by atoms with van der Waals surface area (Å²) < 4.78 is 6.96. The number of hydrogen-bond donors (Lipinski definition) is 1. The van der Waals surface area contributed by atoms with Gasteiger partial charge in [0, 0.05) is 37.7 Å². The van der Waals surface area contributed by atoms with Crippen molar-refractivity contribution in [2.75, 3.05) is 7.11 Å². The van der Waals surface area contributed by atoms with Crippen LogP contribution in [0.5, 0.6) is 5.88 Å². The van der Waals surface area contributed by atoms with Crippen molar-refractivity contribution >= 4 is 17.2 Å². The zero-order chi connectivity index (χ0) is 14.7. The normalized spacial score (nSPS) is 11.0. The van der Waals surface area contributed by atoms with Gasteiger partial charge in [-0.15, -0.1) is 0 Å². The van der Waals surface area contributed by atoms with Crippen molar-refractivity contribution in [3.8, 4) is 5.88 Å². The molecule has 108 valence electrons. The molecule has 3 aromatic heterocycles. The van der Waals surface area contributed by atoms with Crippen molar-refractivity contribution in [3.05, 3.63) is 59.1 Å². The number of nitrogens with zero attached hydrogens (tertiary/aromatic N) is 3. The van der Waals surface area contributed by atoms with Gasteiger partial charge in [0.25, 0.3) is 0 Å². The Morgan fingerprint density at radius 3 is 2.86 bits per heavy atom. The van der Waals surface area contributed by atoms with Gasteiger partial charge in [0.15, 0.2) is 0 Å². The molecule has 0 amide bonds. The van der Waals surface area contributed by atoms with Gasteiger partial charge in [-0.2, -0.15) is 0 Å². The average Bonchev–Trinajstić information content (AvgIpc) is 2.89. The van der Waals surface area contributed by atoms with Gasteiger partial charge in [0.2, 0.25) is 5.88 Å². The quantitative estimate of drug-likeness (QED) is 0.787. The van der Waals surface area contributed by atoms with E-state index in [9.17, 15) is 0 Å². The summed E-state index contributed by atoms with van der Waals surface area (Å²) in [6.45, 7) is 1.41. The standard InChI is InChI=1S/C15H15ClN4O/c1-21-15-5-2-11(7-18-15)6-17-8-13-10-20-9-12(16)3-4-14(20)19-13/h2-5,7,9-10,17H,6,8H2,1H3. The molecule has 3 aromatic rings. The zero-order valence-corrected chi connectivity index (χ0v) is 12.3. The topological polar surface area (TPSA) is 51.5 Å². The number of pyridine rings is 2. The van der Waals surface area contributed by atoms with E-state index in [4.69, 9.17) is 16.3 Å². The summed E-state index contributed by atoms with van der Waals surface area (Å²) in [6.07, 6.45) is 5.62. The van der Waals surface area contributed by atoms with Crippen LogP contribution in [0.15, 0.2) is 42.9 Å². The molecule has 0 bridgehead atoms. The first-order valence-corrected chi connectivity index (χ1v) is 6.95. The van der Waals surface area contributed by atoms with Crippen molar-refractivity contribution in [1.82, 2.24) is 19.7 Å². The van der Waals surface area contributed by atoms with E-state index in [1.165, 1.54) is 0 Å². The highest BCUT2D eigenvalue weighted by Crippen LogP contribution is 2.12. The van der Waals surface area contributed by atoms with E-state index in [0.29, 0.717) is 17.4 Å². The fourth-order valence-corrected chi connectivity index (χ4v) is 2.24. The molecule has 21 heavy (non-hydrogen) atoms. The monoisotopic (exact) mass is 302 g/mol. The van der Waals surface area contributed by atoms with Crippen molar-refractivity contribution in [3.63, 3.8) is 0 Å². The molecule has 0 aliphatic rings. The van der Waals surface area contributed by atoms with Gasteiger partial charge in [-0.25, -0.2) is 9.97 Å². The molecule has 0 saturated heterocycles. The maximum atomic E-state index is 5.96. The molecule has 0 radical (unpaired) electrons. The molecule has 0 atom stereocenters. The van der Waals surface area contributed by atoms with Crippen LogP contribution in [0.2, 0.25) is 5.02 Å². The molecule has 0 unspecified atom stereocenters. The van der Waals surface area contributed by atoms with Gasteiger partial charge < -0.3 is 14.5 Å². The van der Waals surface area contributed by atoms with Gasteiger partial charge in [-0.05, 0) is 17.7 Å². The SMILES string of the molecule is COc1ccc(CNCc2cn3cc(Cl)ccc3n2)cn1. The smallest absolute Gasteiger partial charge is 0.212 e. The molecular weight excluding hydrogens is 288 g/mol. The van der Waals surface area contributed by atoms with Crippen LogP contribution >= 0.6 is 11.6 Å². The summed E-state index contributed by atoms with van der Waals surface area (Å²) in [5.74, 6) is 0.621. The molecule has 0 aliphatic heterocycles. The summed E-state index contributed by atoms with van der Waals surface area (Å²) in [7, 11) is 1.61. The molecule has 0 fully saturated rings. The first-order valence-electron chi connectivity index (χ1n) is 6.57. The zero-order valence-electron chi connectivity index (χ0n) is 11.6. The second kappa shape index (κ2) is 6.11. The van der Waals surface area contributed by atoms with Crippen molar-refractivity contribution in [2.45, 2.75) is 13.1 Å². The molecule has 0 spiro atoms. The number of hydrogen-bond acceptors (Lipinski definition) is 4. The molecule has 0 aliphatic carbocycles. The summed E-state index contributed by atoms with van der Waals surface area (Å²) in [5, 5.41) is 4.04.